The van der Waals surface area contributed by atoms with Crippen molar-refractivity contribution in [1.82, 2.24) is 4.90 Å². The zero-order valence-corrected chi connectivity index (χ0v) is 14.1. The van der Waals surface area contributed by atoms with Crippen LogP contribution >= 0.6 is 0 Å². The van der Waals surface area contributed by atoms with Gasteiger partial charge in [-0.25, -0.2) is 4.79 Å². The maximum Gasteiger partial charge on any atom is 0.337 e. The first-order chi connectivity index (χ1) is 10.9. The third-order valence-electron chi connectivity index (χ3n) is 3.80. The van der Waals surface area contributed by atoms with Gasteiger partial charge in [0.15, 0.2) is 0 Å². The summed E-state index contributed by atoms with van der Waals surface area (Å²) in [6.07, 6.45) is 0.242. The van der Waals surface area contributed by atoms with Gasteiger partial charge in [-0.2, -0.15) is 0 Å². The molecule has 1 aliphatic rings. The Bertz CT molecular complexity index is 578. The van der Waals surface area contributed by atoms with Crippen LogP contribution in [0.25, 0.3) is 0 Å². The summed E-state index contributed by atoms with van der Waals surface area (Å²) in [6.45, 7) is 7.67. The van der Waals surface area contributed by atoms with Gasteiger partial charge in [-0.15, -0.1) is 0 Å². The minimum Gasteiger partial charge on any atom is -0.465 e. The molecule has 1 aromatic carbocycles. The van der Waals surface area contributed by atoms with Crippen LogP contribution in [0.15, 0.2) is 18.2 Å². The van der Waals surface area contributed by atoms with Crippen molar-refractivity contribution in [2.45, 2.75) is 33.0 Å². The van der Waals surface area contributed by atoms with E-state index in [0.29, 0.717) is 17.8 Å². The second kappa shape index (κ2) is 7.57. The fourth-order valence-electron chi connectivity index (χ4n) is 2.81. The van der Waals surface area contributed by atoms with Crippen LogP contribution in [0, 0.1) is 6.92 Å². The van der Waals surface area contributed by atoms with Gasteiger partial charge in [0.05, 0.1) is 31.4 Å². The number of morpholine rings is 1. The van der Waals surface area contributed by atoms with Gasteiger partial charge in [0.2, 0.25) is 5.91 Å². The summed E-state index contributed by atoms with van der Waals surface area (Å²) >= 11 is 0. The van der Waals surface area contributed by atoms with E-state index in [0.717, 1.165) is 18.7 Å². The number of carbonyl (C=O) groups is 2. The summed E-state index contributed by atoms with van der Waals surface area (Å²) < 4.78 is 10.4. The van der Waals surface area contributed by atoms with E-state index < -0.39 is 5.97 Å². The molecule has 1 aliphatic heterocycles. The summed E-state index contributed by atoms with van der Waals surface area (Å²) in [6, 6.07) is 5.12. The molecular formula is C17H24N2O4. The Morgan fingerprint density at radius 1 is 1.30 bits per heavy atom. The van der Waals surface area contributed by atoms with Crippen molar-refractivity contribution in [3.63, 3.8) is 0 Å². The van der Waals surface area contributed by atoms with E-state index in [4.69, 9.17) is 9.47 Å². The molecule has 1 heterocycles. The minimum atomic E-state index is -0.420. The molecule has 6 nitrogen and oxygen atoms in total. The normalized spacial score (nSPS) is 21.7. The lowest BCUT2D eigenvalue weighted by molar-refractivity contribution is -0.121. The van der Waals surface area contributed by atoms with Gasteiger partial charge >= 0.3 is 5.97 Å². The van der Waals surface area contributed by atoms with Crippen LogP contribution in [0.5, 0.6) is 0 Å². The molecule has 1 N–H and O–H groups in total. The Balaban J connectivity index is 2.01. The van der Waals surface area contributed by atoms with Gasteiger partial charge in [0.25, 0.3) is 0 Å². The molecule has 0 saturated carbocycles. The first-order valence-corrected chi connectivity index (χ1v) is 7.75. The van der Waals surface area contributed by atoms with Gasteiger partial charge in [-0.3, -0.25) is 9.69 Å². The lowest BCUT2D eigenvalue weighted by Gasteiger charge is -2.34. The standard InChI is InChI=1S/C17H24N2O4/c1-11-5-6-14(17(21)22-4)7-15(11)18-16(20)10-19-8-12(2)23-13(3)9-19/h5-7,12-13H,8-10H2,1-4H3,(H,18,20)/t12-,13-/m1/s1. The van der Waals surface area contributed by atoms with Crippen LogP contribution in [-0.4, -0.2) is 55.7 Å². The second-order valence-electron chi connectivity index (χ2n) is 6.02. The number of anilines is 1. The van der Waals surface area contributed by atoms with E-state index in [2.05, 4.69) is 10.2 Å². The Morgan fingerprint density at radius 3 is 2.57 bits per heavy atom. The summed E-state index contributed by atoms with van der Waals surface area (Å²) in [4.78, 5) is 26.0. The number of esters is 1. The summed E-state index contributed by atoms with van der Waals surface area (Å²) in [7, 11) is 1.33. The third kappa shape index (κ3) is 4.77. The number of hydrogen-bond acceptors (Lipinski definition) is 5. The van der Waals surface area contributed by atoms with Crippen molar-refractivity contribution in [2.24, 2.45) is 0 Å². The number of nitrogens with one attached hydrogen (secondary N) is 1. The quantitative estimate of drug-likeness (QED) is 0.857. The van der Waals surface area contributed by atoms with Crippen molar-refractivity contribution in [3.05, 3.63) is 29.3 Å². The third-order valence-corrected chi connectivity index (χ3v) is 3.80. The monoisotopic (exact) mass is 320 g/mol. The van der Waals surface area contributed by atoms with Crippen molar-refractivity contribution in [2.75, 3.05) is 32.1 Å². The molecule has 0 aliphatic carbocycles. The van der Waals surface area contributed by atoms with E-state index >= 15 is 0 Å². The molecule has 1 saturated heterocycles. The fourth-order valence-corrected chi connectivity index (χ4v) is 2.81. The number of ether oxygens (including phenoxy) is 2. The molecule has 126 valence electrons. The average Bonchev–Trinajstić information content (AvgIpc) is 2.47. The van der Waals surface area contributed by atoms with E-state index in [9.17, 15) is 9.59 Å². The minimum absolute atomic E-state index is 0.101. The largest absolute Gasteiger partial charge is 0.465 e. The number of nitrogens with zero attached hydrogens (tertiary/aromatic N) is 1. The highest BCUT2D eigenvalue weighted by Gasteiger charge is 2.23. The van der Waals surface area contributed by atoms with Crippen molar-refractivity contribution < 1.29 is 19.1 Å². The SMILES string of the molecule is COC(=O)c1ccc(C)c(NC(=O)CN2C[C@@H](C)O[C@H](C)C2)c1. The fraction of sp³-hybridized carbons (Fsp3) is 0.529. The maximum absolute atomic E-state index is 12.3. The summed E-state index contributed by atoms with van der Waals surface area (Å²) in [5.41, 5.74) is 1.95. The van der Waals surface area contributed by atoms with Crippen LogP contribution in [0.4, 0.5) is 5.69 Å². The van der Waals surface area contributed by atoms with Crippen molar-refractivity contribution >= 4 is 17.6 Å². The molecule has 2 rings (SSSR count). The summed E-state index contributed by atoms with van der Waals surface area (Å²) in [5.74, 6) is -0.521. The van der Waals surface area contributed by atoms with Gasteiger partial charge in [0.1, 0.15) is 0 Å². The van der Waals surface area contributed by atoms with Crippen LogP contribution in [-0.2, 0) is 14.3 Å². The lowest BCUT2D eigenvalue weighted by atomic mass is 10.1. The summed E-state index contributed by atoms with van der Waals surface area (Å²) in [5, 5.41) is 2.88. The molecule has 2 atom stereocenters. The number of benzene rings is 1. The van der Waals surface area contributed by atoms with E-state index in [1.807, 2.05) is 20.8 Å². The Morgan fingerprint density at radius 2 is 1.96 bits per heavy atom. The molecule has 1 amide bonds. The highest BCUT2D eigenvalue weighted by atomic mass is 16.5. The number of aryl methyl sites for hydroxylation is 1. The van der Waals surface area contributed by atoms with Gasteiger partial charge in [0, 0.05) is 18.8 Å². The molecule has 0 radical (unpaired) electrons. The van der Waals surface area contributed by atoms with Crippen molar-refractivity contribution in [3.8, 4) is 0 Å². The van der Waals surface area contributed by atoms with Gasteiger partial charge in [-0.05, 0) is 38.5 Å². The number of methoxy groups -OCH3 is 1. The van der Waals surface area contributed by atoms with Gasteiger partial charge < -0.3 is 14.8 Å². The lowest BCUT2D eigenvalue weighted by Crippen LogP contribution is -2.48. The van der Waals surface area contributed by atoms with Crippen LogP contribution in [0.2, 0.25) is 0 Å². The zero-order chi connectivity index (χ0) is 17.0. The molecule has 23 heavy (non-hydrogen) atoms. The number of hydrogen-bond donors (Lipinski definition) is 1. The molecule has 0 aromatic heterocycles. The predicted molar refractivity (Wildman–Crippen MR) is 87.6 cm³/mol. The zero-order valence-electron chi connectivity index (χ0n) is 14.1. The number of rotatable bonds is 4. The first kappa shape index (κ1) is 17.4. The molecule has 0 unspecified atom stereocenters. The molecule has 0 spiro atoms. The first-order valence-electron chi connectivity index (χ1n) is 7.75. The number of carbonyl (C=O) groups excluding carboxylic acids is 2. The maximum atomic E-state index is 12.3. The topological polar surface area (TPSA) is 67.9 Å². The van der Waals surface area contributed by atoms with E-state index in [-0.39, 0.29) is 18.1 Å². The highest BCUT2D eigenvalue weighted by Crippen LogP contribution is 2.18. The molecule has 1 aromatic rings. The Labute approximate surface area is 136 Å². The smallest absolute Gasteiger partial charge is 0.337 e. The van der Waals surface area contributed by atoms with Crippen LogP contribution in [0.1, 0.15) is 29.8 Å². The van der Waals surface area contributed by atoms with Crippen molar-refractivity contribution in [1.29, 1.82) is 0 Å². The van der Waals surface area contributed by atoms with Gasteiger partial charge in [-0.1, -0.05) is 6.07 Å². The predicted octanol–water partition coefficient (Wildman–Crippen LogP) is 1.83. The number of amides is 1. The molecule has 1 fully saturated rings. The Kier molecular flexibility index (Phi) is 5.74. The molecule has 6 heteroatoms. The average molecular weight is 320 g/mol. The van der Waals surface area contributed by atoms with Crippen LogP contribution < -0.4 is 5.32 Å². The second-order valence-corrected chi connectivity index (χ2v) is 6.02. The Hall–Kier alpha value is -1.92. The van der Waals surface area contributed by atoms with Crippen LogP contribution in [0.3, 0.4) is 0 Å². The molecule has 0 bridgehead atoms. The molecular weight excluding hydrogens is 296 g/mol. The van der Waals surface area contributed by atoms with E-state index in [1.54, 1.807) is 18.2 Å². The highest BCUT2D eigenvalue weighted by molar-refractivity contribution is 5.96. The van der Waals surface area contributed by atoms with E-state index in [1.165, 1.54) is 7.11 Å².